The Bertz CT molecular complexity index is 1500. The molecule has 0 amide bonds. The minimum absolute atomic E-state index is 0.125. The van der Waals surface area contributed by atoms with Crippen LogP contribution in [0.4, 0.5) is 5.82 Å². The van der Waals surface area contributed by atoms with Crippen LogP contribution in [0.1, 0.15) is 61.1 Å². The number of nitrogen functional groups attached to an aromatic ring is 1. The molecule has 0 spiro atoms. The molecule has 0 unspecified atom stereocenters. The van der Waals surface area contributed by atoms with E-state index in [0.29, 0.717) is 17.6 Å². The SMILES string of the molecule is CC(=O)OC[C@H]1O[C@@H](OC[C@H]2O[C@@H](n3cnc4c(N)ncnc43)C[C@@H]2O[Si](C)(C)C(C)(C)C)[C@H](OC(C)=O)[C@@H](OC(C)=O)[C@H]1OC(C)=O. The highest BCUT2D eigenvalue weighted by molar-refractivity contribution is 6.74. The molecule has 2 aromatic heterocycles. The van der Waals surface area contributed by atoms with Gasteiger partial charge in [0.1, 0.15) is 36.9 Å². The van der Waals surface area contributed by atoms with Gasteiger partial charge in [-0.05, 0) is 18.1 Å². The maximum Gasteiger partial charge on any atom is 0.303 e. The Morgan fingerprint density at radius 1 is 0.875 bits per heavy atom. The topological polar surface area (TPSA) is 212 Å². The summed E-state index contributed by atoms with van der Waals surface area (Å²) in [6, 6.07) is 0. The lowest BCUT2D eigenvalue weighted by Gasteiger charge is -2.44. The minimum atomic E-state index is -2.34. The maximum atomic E-state index is 12.3. The summed E-state index contributed by atoms with van der Waals surface area (Å²) in [5.41, 5.74) is 6.93. The van der Waals surface area contributed by atoms with Crippen molar-refractivity contribution < 1.29 is 56.8 Å². The van der Waals surface area contributed by atoms with Crippen molar-refractivity contribution in [3.8, 4) is 0 Å². The number of hydrogen-bond donors (Lipinski definition) is 1. The normalized spacial score (nSPS) is 27.8. The van der Waals surface area contributed by atoms with Crippen molar-refractivity contribution in [1.29, 1.82) is 0 Å². The fourth-order valence-electron chi connectivity index (χ4n) is 5.29. The second kappa shape index (κ2) is 14.8. The monoisotopic (exact) mass is 695 g/mol. The van der Waals surface area contributed by atoms with E-state index in [1.165, 1.54) is 13.3 Å². The van der Waals surface area contributed by atoms with Crippen molar-refractivity contribution in [3.05, 3.63) is 12.7 Å². The van der Waals surface area contributed by atoms with E-state index in [4.69, 9.17) is 43.3 Å². The average Bonchev–Trinajstić information content (AvgIpc) is 3.56. The number of imidazole rings is 1. The molecule has 2 aliphatic heterocycles. The van der Waals surface area contributed by atoms with Crippen LogP contribution in [0.15, 0.2) is 12.7 Å². The van der Waals surface area contributed by atoms with Crippen molar-refractivity contribution in [3.63, 3.8) is 0 Å². The van der Waals surface area contributed by atoms with Crippen LogP contribution in [-0.4, -0.2) is 108 Å². The van der Waals surface area contributed by atoms with Gasteiger partial charge in [0.05, 0.1) is 19.0 Å². The van der Waals surface area contributed by atoms with Crippen molar-refractivity contribution >= 4 is 49.2 Å². The number of anilines is 1. The highest BCUT2D eigenvalue weighted by Gasteiger charge is 2.53. The zero-order valence-electron chi connectivity index (χ0n) is 28.7. The molecule has 2 aromatic rings. The Hall–Kier alpha value is -3.71. The van der Waals surface area contributed by atoms with Crippen LogP contribution in [0.5, 0.6) is 0 Å². The molecule has 17 nitrogen and oxygen atoms in total. The first kappa shape index (κ1) is 37.1. The number of fused-ring (bicyclic) bond motifs is 1. The van der Waals surface area contributed by atoms with E-state index >= 15 is 0 Å². The van der Waals surface area contributed by atoms with E-state index in [1.807, 2.05) is 0 Å². The lowest BCUT2D eigenvalue weighted by atomic mass is 9.98. The molecule has 0 radical (unpaired) electrons. The summed E-state index contributed by atoms with van der Waals surface area (Å²) in [7, 11) is -2.34. The minimum Gasteiger partial charge on any atom is -0.463 e. The highest BCUT2D eigenvalue weighted by Crippen LogP contribution is 2.42. The van der Waals surface area contributed by atoms with E-state index in [0.717, 1.165) is 20.8 Å². The van der Waals surface area contributed by atoms with E-state index in [-0.39, 0.29) is 24.1 Å². The van der Waals surface area contributed by atoms with Gasteiger partial charge in [-0.2, -0.15) is 0 Å². The molecule has 0 bridgehead atoms. The Labute approximate surface area is 279 Å². The number of carbonyl (C=O) groups excluding carboxylic acids is 4. The maximum absolute atomic E-state index is 12.3. The van der Waals surface area contributed by atoms with E-state index < -0.39 is 81.3 Å². The molecule has 8 atom stereocenters. The van der Waals surface area contributed by atoms with Crippen LogP contribution in [0.2, 0.25) is 18.1 Å². The van der Waals surface area contributed by atoms with E-state index in [1.54, 1.807) is 10.9 Å². The molecule has 2 fully saturated rings. The lowest BCUT2D eigenvalue weighted by Crippen LogP contribution is -2.63. The number of rotatable bonds is 11. The molecule has 2 saturated heterocycles. The third-order valence-corrected chi connectivity index (χ3v) is 13.0. The van der Waals surface area contributed by atoms with Crippen molar-refractivity contribution in [2.75, 3.05) is 18.9 Å². The van der Waals surface area contributed by atoms with Crippen molar-refractivity contribution in [1.82, 2.24) is 19.5 Å². The first-order chi connectivity index (χ1) is 22.4. The summed E-state index contributed by atoms with van der Waals surface area (Å²) < 4.78 is 49.1. The summed E-state index contributed by atoms with van der Waals surface area (Å²) in [5, 5.41) is -0.125. The van der Waals surface area contributed by atoms with Crippen LogP contribution in [0, 0.1) is 0 Å². The molecule has 0 aromatic carbocycles. The molecule has 0 aliphatic carbocycles. The Balaban J connectivity index is 1.65. The second-order valence-corrected chi connectivity index (χ2v) is 18.0. The van der Waals surface area contributed by atoms with Gasteiger partial charge in [0.25, 0.3) is 0 Å². The predicted molar refractivity (Wildman–Crippen MR) is 168 cm³/mol. The summed E-state index contributed by atoms with van der Waals surface area (Å²) in [6.45, 7) is 14.8. The first-order valence-electron chi connectivity index (χ1n) is 15.6. The van der Waals surface area contributed by atoms with Crippen LogP contribution in [0.25, 0.3) is 11.2 Å². The number of carbonyl (C=O) groups is 4. The van der Waals surface area contributed by atoms with Crippen LogP contribution in [-0.2, 0) is 56.8 Å². The Kier molecular flexibility index (Phi) is 11.5. The van der Waals surface area contributed by atoms with Gasteiger partial charge in [-0.3, -0.25) is 23.7 Å². The zero-order valence-corrected chi connectivity index (χ0v) is 29.7. The lowest BCUT2D eigenvalue weighted by molar-refractivity contribution is -0.312. The molecule has 0 saturated carbocycles. The van der Waals surface area contributed by atoms with Crippen LogP contribution < -0.4 is 5.73 Å². The highest BCUT2D eigenvalue weighted by atomic mass is 28.4. The zero-order chi connectivity index (χ0) is 35.6. The second-order valence-electron chi connectivity index (χ2n) is 13.3. The molecule has 2 aliphatic rings. The summed E-state index contributed by atoms with van der Waals surface area (Å²) in [5.74, 6) is -2.61. The van der Waals surface area contributed by atoms with Gasteiger partial charge < -0.3 is 43.3 Å². The van der Waals surface area contributed by atoms with Gasteiger partial charge in [0.2, 0.25) is 0 Å². The number of hydrogen-bond acceptors (Lipinski definition) is 16. The summed E-state index contributed by atoms with van der Waals surface area (Å²) in [4.78, 5) is 61.0. The van der Waals surface area contributed by atoms with Gasteiger partial charge in [0, 0.05) is 34.1 Å². The third kappa shape index (κ3) is 8.65. The molecular weight excluding hydrogens is 650 g/mol. The van der Waals surface area contributed by atoms with E-state index in [9.17, 15) is 19.2 Å². The predicted octanol–water partition coefficient (Wildman–Crippen LogP) is 2.19. The molecule has 48 heavy (non-hydrogen) atoms. The van der Waals surface area contributed by atoms with Gasteiger partial charge in [-0.25, -0.2) is 15.0 Å². The molecule has 4 heterocycles. The first-order valence-corrected chi connectivity index (χ1v) is 18.5. The third-order valence-electron chi connectivity index (χ3n) is 8.50. The van der Waals surface area contributed by atoms with Gasteiger partial charge in [-0.1, -0.05) is 20.8 Å². The average molecular weight is 696 g/mol. The number of aromatic nitrogens is 4. The number of esters is 4. The standard InChI is InChI=1S/C30H45N5O12Si/c1-15(36)40-12-21-24(42-16(2)37)25(43-17(3)38)26(44-18(4)39)29(46-21)41-11-20-19(47-48(8,9)30(5,6)7)10-22(45-20)35-14-34-23-27(31)32-13-33-28(23)35/h13-14,19-22,24-26,29H,10-12H2,1-9H3,(H2,31,32,33)/t19-,20+,21+,22+,24-,25-,26+,29+/m0/s1. The Morgan fingerprint density at radius 3 is 2.10 bits per heavy atom. The quantitative estimate of drug-likeness (QED) is 0.203. The summed E-state index contributed by atoms with van der Waals surface area (Å²) >= 11 is 0. The number of nitrogens with two attached hydrogens (primary N) is 1. The van der Waals surface area contributed by atoms with E-state index in [2.05, 4.69) is 48.8 Å². The van der Waals surface area contributed by atoms with Crippen molar-refractivity contribution in [2.45, 2.75) is 122 Å². The fraction of sp³-hybridized carbons (Fsp3) is 0.700. The smallest absolute Gasteiger partial charge is 0.303 e. The largest absolute Gasteiger partial charge is 0.463 e. The van der Waals surface area contributed by atoms with Crippen LogP contribution in [0.3, 0.4) is 0 Å². The molecule has 18 heteroatoms. The van der Waals surface area contributed by atoms with Gasteiger partial charge in [-0.15, -0.1) is 0 Å². The number of ether oxygens (including phenoxy) is 7. The summed E-state index contributed by atoms with van der Waals surface area (Å²) in [6.07, 6.45) is -4.94. The van der Waals surface area contributed by atoms with Crippen LogP contribution >= 0.6 is 0 Å². The van der Waals surface area contributed by atoms with Gasteiger partial charge in [0.15, 0.2) is 44.4 Å². The molecule has 266 valence electrons. The Morgan fingerprint density at radius 2 is 1.50 bits per heavy atom. The molecule has 4 rings (SSSR count). The number of nitrogens with zero attached hydrogens (tertiary/aromatic N) is 4. The van der Waals surface area contributed by atoms with Gasteiger partial charge >= 0.3 is 23.9 Å². The fourth-order valence-corrected chi connectivity index (χ4v) is 6.65. The van der Waals surface area contributed by atoms with Crippen molar-refractivity contribution in [2.24, 2.45) is 0 Å². The molecular formula is C30H45N5O12Si. The molecule has 2 N–H and O–H groups in total.